The molecular weight excluding hydrogens is 346 g/mol. The van der Waals surface area contributed by atoms with Crippen molar-refractivity contribution in [3.63, 3.8) is 0 Å². The Labute approximate surface area is 157 Å². The second-order valence-corrected chi connectivity index (χ2v) is 7.80. The van der Waals surface area contributed by atoms with Gasteiger partial charge in [0, 0.05) is 62.4 Å². The lowest BCUT2D eigenvalue weighted by Gasteiger charge is -2.48. The number of aryl methyl sites for hydroxylation is 1. The van der Waals surface area contributed by atoms with E-state index >= 15 is 0 Å². The van der Waals surface area contributed by atoms with E-state index in [2.05, 4.69) is 15.1 Å². The molecule has 8 heteroatoms. The number of carbonyl (C=O) groups excluding carboxylic acids is 2. The van der Waals surface area contributed by atoms with Crippen molar-refractivity contribution in [2.75, 3.05) is 26.2 Å². The quantitative estimate of drug-likeness (QED) is 0.884. The van der Waals surface area contributed by atoms with Crippen molar-refractivity contribution in [3.05, 3.63) is 35.7 Å². The van der Waals surface area contributed by atoms with Crippen LogP contribution < -0.4 is 0 Å². The third kappa shape index (κ3) is 3.74. The second-order valence-electron chi connectivity index (χ2n) is 7.80. The lowest BCUT2D eigenvalue weighted by molar-refractivity contribution is -0.138. The van der Waals surface area contributed by atoms with Gasteiger partial charge >= 0.3 is 0 Å². The largest absolute Gasteiger partial charge is 0.361 e. The Hall–Kier alpha value is -2.64. The van der Waals surface area contributed by atoms with Crippen molar-refractivity contribution >= 4 is 11.8 Å². The minimum Gasteiger partial charge on any atom is -0.361 e. The number of imidazole rings is 1. The molecular formula is C19H25N5O3. The van der Waals surface area contributed by atoms with Crippen LogP contribution in [0.2, 0.25) is 0 Å². The van der Waals surface area contributed by atoms with Crippen LogP contribution in [-0.4, -0.2) is 62.9 Å². The molecule has 2 aromatic heterocycles. The summed E-state index contributed by atoms with van der Waals surface area (Å²) in [6.07, 6.45) is 7.61. The van der Waals surface area contributed by atoms with E-state index in [1.54, 1.807) is 25.5 Å². The number of likely N-dealkylation sites (tertiary alicyclic amines) is 2. The number of amides is 2. The molecule has 1 N–H and O–H groups in total. The van der Waals surface area contributed by atoms with Gasteiger partial charge in [-0.15, -0.1) is 0 Å². The normalized spacial score (nSPS) is 23.2. The summed E-state index contributed by atoms with van der Waals surface area (Å²) in [5, 5.41) is 3.87. The fourth-order valence-corrected chi connectivity index (χ4v) is 4.33. The number of nitrogens with one attached hydrogen (secondary N) is 1. The van der Waals surface area contributed by atoms with E-state index < -0.39 is 0 Å². The van der Waals surface area contributed by atoms with Crippen LogP contribution in [0.1, 0.15) is 47.6 Å². The molecule has 8 nitrogen and oxygen atoms in total. The van der Waals surface area contributed by atoms with E-state index in [9.17, 15) is 9.59 Å². The van der Waals surface area contributed by atoms with Crippen molar-refractivity contribution in [2.45, 2.75) is 39.0 Å². The van der Waals surface area contributed by atoms with E-state index in [4.69, 9.17) is 4.52 Å². The van der Waals surface area contributed by atoms with Gasteiger partial charge in [0.05, 0.1) is 6.33 Å². The SMILES string of the molecule is Cc1cc(C(=O)N2CCC[C@]3(CCC(=O)N(CCc4cnc[nH]4)C3)C2)no1. The van der Waals surface area contributed by atoms with Crippen molar-refractivity contribution in [1.29, 1.82) is 0 Å². The number of rotatable bonds is 4. The zero-order valence-corrected chi connectivity index (χ0v) is 15.6. The Morgan fingerprint density at radius 1 is 1.37 bits per heavy atom. The molecule has 2 aliphatic rings. The molecule has 2 amide bonds. The Morgan fingerprint density at radius 3 is 3.00 bits per heavy atom. The van der Waals surface area contributed by atoms with Crippen molar-refractivity contribution in [3.8, 4) is 0 Å². The molecule has 2 aromatic rings. The molecule has 0 radical (unpaired) electrons. The zero-order chi connectivity index (χ0) is 18.9. The van der Waals surface area contributed by atoms with Crippen molar-refractivity contribution < 1.29 is 14.1 Å². The van der Waals surface area contributed by atoms with Gasteiger partial charge in [0.15, 0.2) is 5.69 Å². The lowest BCUT2D eigenvalue weighted by atomic mass is 9.73. The number of hydrogen-bond donors (Lipinski definition) is 1. The van der Waals surface area contributed by atoms with E-state index in [-0.39, 0.29) is 17.2 Å². The minimum absolute atomic E-state index is 0.0193. The van der Waals surface area contributed by atoms with Crippen LogP contribution in [-0.2, 0) is 11.2 Å². The maximum atomic E-state index is 12.8. The molecule has 0 bridgehead atoms. The number of carbonyl (C=O) groups is 2. The summed E-state index contributed by atoms with van der Waals surface area (Å²) in [4.78, 5) is 36.1. The van der Waals surface area contributed by atoms with E-state index in [1.807, 2.05) is 9.80 Å². The molecule has 0 aliphatic carbocycles. The van der Waals surface area contributed by atoms with Gasteiger partial charge in [-0.2, -0.15) is 0 Å². The van der Waals surface area contributed by atoms with E-state index in [0.29, 0.717) is 37.5 Å². The van der Waals surface area contributed by atoms with Crippen LogP contribution in [0.3, 0.4) is 0 Å². The Morgan fingerprint density at radius 2 is 2.26 bits per heavy atom. The first-order valence-electron chi connectivity index (χ1n) is 9.52. The molecule has 2 saturated heterocycles. The zero-order valence-electron chi connectivity index (χ0n) is 15.6. The molecule has 4 heterocycles. The van der Waals surface area contributed by atoms with Crippen molar-refractivity contribution in [2.24, 2.45) is 5.41 Å². The molecule has 27 heavy (non-hydrogen) atoms. The third-order valence-corrected chi connectivity index (χ3v) is 5.75. The number of aromatic amines is 1. The highest BCUT2D eigenvalue weighted by Gasteiger charge is 2.43. The Kier molecular flexibility index (Phi) is 4.72. The average Bonchev–Trinajstić information content (AvgIpc) is 3.34. The highest BCUT2D eigenvalue weighted by molar-refractivity contribution is 5.92. The Balaban J connectivity index is 1.43. The molecule has 0 unspecified atom stereocenters. The highest BCUT2D eigenvalue weighted by Crippen LogP contribution is 2.39. The van der Waals surface area contributed by atoms with Crippen LogP contribution in [0.25, 0.3) is 0 Å². The van der Waals surface area contributed by atoms with Crippen LogP contribution >= 0.6 is 0 Å². The predicted octanol–water partition coefficient (Wildman–Crippen LogP) is 1.79. The number of piperidine rings is 2. The minimum atomic E-state index is -0.0770. The number of hydrogen-bond acceptors (Lipinski definition) is 5. The first-order chi connectivity index (χ1) is 13.0. The Bertz CT molecular complexity index is 815. The fraction of sp³-hybridized carbons (Fsp3) is 0.579. The van der Waals surface area contributed by atoms with Gasteiger partial charge in [0.25, 0.3) is 5.91 Å². The third-order valence-electron chi connectivity index (χ3n) is 5.75. The molecule has 4 rings (SSSR count). The van der Waals surface area contributed by atoms with E-state index in [1.165, 1.54) is 0 Å². The van der Waals surface area contributed by atoms with Crippen LogP contribution in [0, 0.1) is 12.3 Å². The average molecular weight is 371 g/mol. The molecule has 144 valence electrons. The smallest absolute Gasteiger partial charge is 0.276 e. The standard InChI is InChI=1S/C19H25N5O3/c1-14-9-16(22-27-14)18(26)24-7-2-5-19(12-24)6-3-17(25)23(11-19)8-4-15-10-20-13-21-15/h9-10,13H,2-8,11-12H2,1H3,(H,20,21)/t19-/m1/s1. The molecule has 1 atom stereocenters. The fourth-order valence-electron chi connectivity index (χ4n) is 4.33. The number of aromatic nitrogens is 3. The monoisotopic (exact) mass is 371 g/mol. The van der Waals surface area contributed by atoms with Gasteiger partial charge in [-0.1, -0.05) is 5.16 Å². The summed E-state index contributed by atoms with van der Waals surface area (Å²) >= 11 is 0. The summed E-state index contributed by atoms with van der Waals surface area (Å²) in [7, 11) is 0. The lowest BCUT2D eigenvalue weighted by Crippen LogP contribution is -2.55. The van der Waals surface area contributed by atoms with Gasteiger partial charge in [-0.25, -0.2) is 4.98 Å². The maximum absolute atomic E-state index is 12.8. The summed E-state index contributed by atoms with van der Waals surface area (Å²) in [6, 6.07) is 1.69. The van der Waals surface area contributed by atoms with Crippen LogP contribution in [0.4, 0.5) is 0 Å². The molecule has 0 saturated carbocycles. The number of nitrogens with zero attached hydrogens (tertiary/aromatic N) is 4. The predicted molar refractivity (Wildman–Crippen MR) is 96.9 cm³/mol. The van der Waals surface area contributed by atoms with Gasteiger partial charge in [0.1, 0.15) is 5.76 Å². The second kappa shape index (κ2) is 7.17. The summed E-state index contributed by atoms with van der Waals surface area (Å²) in [5.74, 6) is 0.765. The molecule has 0 aromatic carbocycles. The van der Waals surface area contributed by atoms with Gasteiger partial charge in [-0.05, 0) is 26.2 Å². The molecule has 2 fully saturated rings. The van der Waals surface area contributed by atoms with E-state index in [0.717, 1.165) is 37.9 Å². The van der Waals surface area contributed by atoms with Gasteiger partial charge in [-0.3, -0.25) is 9.59 Å². The molecule has 2 aliphatic heterocycles. The van der Waals surface area contributed by atoms with Crippen molar-refractivity contribution in [1.82, 2.24) is 24.9 Å². The summed E-state index contributed by atoms with van der Waals surface area (Å²) < 4.78 is 5.05. The maximum Gasteiger partial charge on any atom is 0.276 e. The van der Waals surface area contributed by atoms with Gasteiger partial charge in [0.2, 0.25) is 5.91 Å². The summed E-state index contributed by atoms with van der Waals surface area (Å²) in [6.45, 7) is 4.58. The van der Waals surface area contributed by atoms with Crippen LogP contribution in [0.5, 0.6) is 0 Å². The van der Waals surface area contributed by atoms with Gasteiger partial charge < -0.3 is 19.3 Å². The highest BCUT2D eigenvalue weighted by atomic mass is 16.5. The number of H-pyrrole nitrogens is 1. The first kappa shape index (κ1) is 17.8. The van der Waals surface area contributed by atoms with Crippen LogP contribution in [0.15, 0.2) is 23.1 Å². The summed E-state index contributed by atoms with van der Waals surface area (Å²) in [5.41, 5.74) is 1.38. The first-order valence-corrected chi connectivity index (χ1v) is 9.52. The molecule has 1 spiro atoms. The topological polar surface area (TPSA) is 95.3 Å².